The van der Waals surface area contributed by atoms with Crippen LogP contribution in [0.3, 0.4) is 0 Å². The molecule has 0 atom stereocenters. The van der Waals surface area contributed by atoms with Crippen LogP contribution in [0.25, 0.3) is 0 Å². The van der Waals surface area contributed by atoms with E-state index in [2.05, 4.69) is 20.8 Å². The first-order valence-electron chi connectivity index (χ1n) is 6.23. The SMILES string of the molecule is CC(=O)c1cc(Br)ccc1N(C)Cc1cccc(Cl)c1. The van der Waals surface area contributed by atoms with Gasteiger partial charge in [-0.2, -0.15) is 0 Å². The van der Waals surface area contributed by atoms with Crippen molar-refractivity contribution >= 4 is 39.0 Å². The molecule has 0 aliphatic carbocycles. The number of hydrogen-bond acceptors (Lipinski definition) is 2. The van der Waals surface area contributed by atoms with Crippen LogP contribution >= 0.6 is 27.5 Å². The van der Waals surface area contributed by atoms with Crippen molar-refractivity contribution < 1.29 is 4.79 Å². The number of rotatable bonds is 4. The van der Waals surface area contributed by atoms with Gasteiger partial charge in [-0.3, -0.25) is 4.79 Å². The van der Waals surface area contributed by atoms with Crippen molar-refractivity contribution in [1.29, 1.82) is 0 Å². The third-order valence-electron chi connectivity index (χ3n) is 3.06. The Balaban J connectivity index is 2.29. The molecule has 0 saturated carbocycles. The van der Waals surface area contributed by atoms with Crippen molar-refractivity contribution in [1.82, 2.24) is 0 Å². The van der Waals surface area contributed by atoms with Crippen molar-refractivity contribution in [3.8, 4) is 0 Å². The highest BCUT2D eigenvalue weighted by molar-refractivity contribution is 9.10. The molecule has 2 aromatic rings. The van der Waals surface area contributed by atoms with E-state index < -0.39 is 0 Å². The van der Waals surface area contributed by atoms with Crippen molar-refractivity contribution in [2.24, 2.45) is 0 Å². The van der Waals surface area contributed by atoms with E-state index in [1.54, 1.807) is 6.92 Å². The number of anilines is 1. The Bertz CT molecular complexity index is 642. The molecule has 0 fully saturated rings. The van der Waals surface area contributed by atoms with E-state index in [9.17, 15) is 4.79 Å². The fourth-order valence-electron chi connectivity index (χ4n) is 2.12. The molecule has 0 aromatic heterocycles. The summed E-state index contributed by atoms with van der Waals surface area (Å²) in [5, 5.41) is 0.721. The summed E-state index contributed by atoms with van der Waals surface area (Å²) in [6.45, 7) is 2.28. The fourth-order valence-corrected chi connectivity index (χ4v) is 2.69. The minimum absolute atomic E-state index is 0.0549. The maximum Gasteiger partial charge on any atom is 0.161 e. The van der Waals surface area contributed by atoms with Gasteiger partial charge in [-0.1, -0.05) is 39.7 Å². The number of carbonyl (C=O) groups is 1. The molecule has 104 valence electrons. The van der Waals surface area contributed by atoms with Crippen LogP contribution in [0.2, 0.25) is 5.02 Å². The van der Waals surface area contributed by atoms with Gasteiger partial charge in [0.05, 0.1) is 0 Å². The second kappa shape index (κ2) is 6.42. The Morgan fingerprint density at radius 2 is 2.00 bits per heavy atom. The molecule has 20 heavy (non-hydrogen) atoms. The first-order chi connectivity index (χ1) is 9.47. The molecule has 4 heteroatoms. The Morgan fingerprint density at radius 1 is 1.25 bits per heavy atom. The zero-order valence-electron chi connectivity index (χ0n) is 11.4. The molecule has 2 aromatic carbocycles. The predicted octanol–water partition coefficient (Wildman–Crippen LogP) is 4.94. The number of halogens is 2. The minimum Gasteiger partial charge on any atom is -0.370 e. The van der Waals surface area contributed by atoms with Gasteiger partial charge in [0.25, 0.3) is 0 Å². The quantitative estimate of drug-likeness (QED) is 0.726. The van der Waals surface area contributed by atoms with Gasteiger partial charge in [-0.05, 0) is 42.8 Å². The topological polar surface area (TPSA) is 20.3 Å². The van der Waals surface area contributed by atoms with E-state index in [4.69, 9.17) is 11.6 Å². The van der Waals surface area contributed by atoms with Gasteiger partial charge < -0.3 is 4.90 Å². The molecule has 0 saturated heterocycles. The van der Waals surface area contributed by atoms with Crippen molar-refractivity contribution in [3.05, 3.63) is 63.1 Å². The molecule has 0 aliphatic heterocycles. The first kappa shape index (κ1) is 15.1. The van der Waals surface area contributed by atoms with E-state index in [1.165, 1.54) is 0 Å². The van der Waals surface area contributed by atoms with Crippen LogP contribution in [-0.4, -0.2) is 12.8 Å². The van der Waals surface area contributed by atoms with E-state index in [1.807, 2.05) is 49.5 Å². The zero-order chi connectivity index (χ0) is 14.7. The summed E-state index contributed by atoms with van der Waals surface area (Å²) in [5.41, 5.74) is 2.74. The Kier molecular flexibility index (Phi) is 4.84. The Hall–Kier alpha value is -1.32. The third kappa shape index (κ3) is 3.62. The summed E-state index contributed by atoms with van der Waals surface area (Å²) in [6, 6.07) is 13.5. The Morgan fingerprint density at radius 3 is 2.65 bits per heavy atom. The van der Waals surface area contributed by atoms with Crippen LogP contribution in [0.1, 0.15) is 22.8 Å². The highest BCUT2D eigenvalue weighted by Gasteiger charge is 2.12. The number of Topliss-reactive ketones (excluding diaryl/α,β-unsaturated/α-hetero) is 1. The smallest absolute Gasteiger partial charge is 0.161 e. The standard InChI is InChI=1S/C16H15BrClNO/c1-11(20)15-9-13(17)6-7-16(15)19(2)10-12-4-3-5-14(18)8-12/h3-9H,10H2,1-2H3. The highest BCUT2D eigenvalue weighted by Crippen LogP contribution is 2.26. The molecule has 2 nitrogen and oxygen atoms in total. The molecule has 0 heterocycles. The molecular weight excluding hydrogens is 338 g/mol. The molecule has 0 aliphatic rings. The lowest BCUT2D eigenvalue weighted by Crippen LogP contribution is -2.19. The maximum absolute atomic E-state index is 11.8. The molecule has 0 spiro atoms. The summed E-state index contributed by atoms with van der Waals surface area (Å²) >= 11 is 9.40. The lowest BCUT2D eigenvalue weighted by atomic mass is 10.1. The molecular formula is C16H15BrClNO. The summed E-state index contributed by atoms with van der Waals surface area (Å²) < 4.78 is 0.905. The van der Waals surface area contributed by atoms with Gasteiger partial charge in [0.1, 0.15) is 0 Å². The Labute approximate surface area is 132 Å². The van der Waals surface area contributed by atoms with E-state index in [0.29, 0.717) is 12.1 Å². The predicted molar refractivity (Wildman–Crippen MR) is 87.7 cm³/mol. The van der Waals surface area contributed by atoms with Gasteiger partial charge in [-0.25, -0.2) is 0 Å². The molecule has 0 amide bonds. The van der Waals surface area contributed by atoms with Crippen LogP contribution in [0.5, 0.6) is 0 Å². The normalized spacial score (nSPS) is 10.4. The summed E-state index contributed by atoms with van der Waals surface area (Å²) in [7, 11) is 1.97. The maximum atomic E-state index is 11.8. The number of hydrogen-bond donors (Lipinski definition) is 0. The summed E-state index contributed by atoms with van der Waals surface area (Å²) in [6.07, 6.45) is 0. The second-order valence-corrected chi connectivity index (χ2v) is 6.06. The molecule has 2 rings (SSSR count). The fraction of sp³-hybridized carbons (Fsp3) is 0.188. The molecule has 0 radical (unpaired) electrons. The lowest BCUT2D eigenvalue weighted by Gasteiger charge is -2.22. The van der Waals surface area contributed by atoms with Gasteiger partial charge in [0.15, 0.2) is 5.78 Å². The number of nitrogens with zero attached hydrogens (tertiary/aromatic N) is 1. The second-order valence-electron chi connectivity index (χ2n) is 4.70. The largest absolute Gasteiger partial charge is 0.370 e. The average Bonchev–Trinajstić information content (AvgIpc) is 2.38. The minimum atomic E-state index is 0.0549. The van der Waals surface area contributed by atoms with Gasteiger partial charge in [0, 0.05) is 34.3 Å². The zero-order valence-corrected chi connectivity index (χ0v) is 13.7. The molecule has 0 unspecified atom stereocenters. The monoisotopic (exact) mass is 351 g/mol. The molecule has 0 bridgehead atoms. The number of ketones is 1. The van der Waals surface area contributed by atoms with Crippen LogP contribution in [0.15, 0.2) is 46.9 Å². The van der Waals surface area contributed by atoms with Crippen molar-refractivity contribution in [2.75, 3.05) is 11.9 Å². The average molecular weight is 353 g/mol. The van der Waals surface area contributed by atoms with Crippen LogP contribution in [0.4, 0.5) is 5.69 Å². The summed E-state index contributed by atoms with van der Waals surface area (Å²) in [5.74, 6) is 0.0549. The first-order valence-corrected chi connectivity index (χ1v) is 7.40. The van der Waals surface area contributed by atoms with Gasteiger partial charge >= 0.3 is 0 Å². The van der Waals surface area contributed by atoms with Crippen molar-refractivity contribution in [2.45, 2.75) is 13.5 Å². The van der Waals surface area contributed by atoms with Gasteiger partial charge in [0.2, 0.25) is 0 Å². The van der Waals surface area contributed by atoms with Crippen LogP contribution in [0, 0.1) is 0 Å². The summed E-state index contributed by atoms with van der Waals surface area (Å²) in [4.78, 5) is 13.8. The van der Waals surface area contributed by atoms with E-state index in [-0.39, 0.29) is 5.78 Å². The van der Waals surface area contributed by atoms with Crippen LogP contribution < -0.4 is 4.90 Å². The van der Waals surface area contributed by atoms with E-state index >= 15 is 0 Å². The molecule has 0 N–H and O–H groups in total. The highest BCUT2D eigenvalue weighted by atomic mass is 79.9. The number of benzene rings is 2. The third-order valence-corrected chi connectivity index (χ3v) is 3.79. The lowest BCUT2D eigenvalue weighted by molar-refractivity contribution is 0.101. The van der Waals surface area contributed by atoms with Crippen LogP contribution in [-0.2, 0) is 6.54 Å². The van der Waals surface area contributed by atoms with Gasteiger partial charge in [-0.15, -0.1) is 0 Å². The number of carbonyl (C=O) groups excluding carboxylic acids is 1. The van der Waals surface area contributed by atoms with Crippen molar-refractivity contribution in [3.63, 3.8) is 0 Å². The van der Waals surface area contributed by atoms with E-state index in [0.717, 1.165) is 20.7 Å².